The lowest BCUT2D eigenvalue weighted by Crippen LogP contribution is -2.45. The molecule has 2 aromatic carbocycles. The summed E-state index contributed by atoms with van der Waals surface area (Å²) in [5.41, 5.74) is 0.960. The van der Waals surface area contributed by atoms with Crippen LogP contribution in [0.5, 0.6) is 0 Å². The molecule has 2 aromatic rings. The van der Waals surface area contributed by atoms with Gasteiger partial charge in [-0.15, -0.1) is 0 Å². The van der Waals surface area contributed by atoms with Crippen molar-refractivity contribution in [1.29, 1.82) is 0 Å². The second kappa shape index (κ2) is 8.34. The summed E-state index contributed by atoms with van der Waals surface area (Å²) >= 11 is 12.0. The van der Waals surface area contributed by atoms with Gasteiger partial charge in [0.2, 0.25) is 5.91 Å². The lowest BCUT2D eigenvalue weighted by molar-refractivity contribution is -0.119. The minimum absolute atomic E-state index is 0.0323. The first-order valence-corrected chi connectivity index (χ1v) is 8.40. The molecule has 0 aliphatic rings. The molecule has 132 valence electrons. The van der Waals surface area contributed by atoms with Crippen LogP contribution in [0, 0.1) is 0 Å². The Morgan fingerprint density at radius 1 is 1.00 bits per heavy atom. The van der Waals surface area contributed by atoms with Crippen LogP contribution in [0.25, 0.3) is 0 Å². The highest BCUT2D eigenvalue weighted by atomic mass is 35.5. The van der Waals surface area contributed by atoms with Gasteiger partial charge >= 0.3 is 6.03 Å². The van der Waals surface area contributed by atoms with Gasteiger partial charge in [0, 0.05) is 11.2 Å². The highest BCUT2D eigenvalue weighted by Crippen LogP contribution is 2.28. The third-order valence-electron chi connectivity index (χ3n) is 3.62. The summed E-state index contributed by atoms with van der Waals surface area (Å²) in [5, 5.41) is 8.87. The van der Waals surface area contributed by atoms with Gasteiger partial charge in [-0.05, 0) is 43.7 Å². The van der Waals surface area contributed by atoms with Crippen molar-refractivity contribution in [3.63, 3.8) is 0 Å². The van der Waals surface area contributed by atoms with Crippen molar-refractivity contribution in [1.82, 2.24) is 10.6 Å². The van der Waals surface area contributed by atoms with Crippen molar-refractivity contribution >= 4 is 40.8 Å². The molecule has 5 nitrogen and oxygen atoms in total. The summed E-state index contributed by atoms with van der Waals surface area (Å²) < 4.78 is 0. The maximum Gasteiger partial charge on any atom is 0.325 e. The van der Waals surface area contributed by atoms with Gasteiger partial charge in [0.15, 0.2) is 0 Å². The zero-order chi connectivity index (χ0) is 18.4. The minimum Gasteiger partial charge on any atom is -0.308 e. The fourth-order valence-electron chi connectivity index (χ4n) is 2.14. The molecule has 0 spiro atoms. The van der Waals surface area contributed by atoms with Crippen LogP contribution < -0.4 is 16.0 Å². The zero-order valence-corrected chi connectivity index (χ0v) is 15.4. The van der Waals surface area contributed by atoms with E-state index in [4.69, 9.17) is 23.2 Å². The summed E-state index contributed by atoms with van der Waals surface area (Å²) in [7, 11) is 0. The van der Waals surface area contributed by atoms with Gasteiger partial charge in [-0.2, -0.15) is 0 Å². The van der Waals surface area contributed by atoms with Crippen molar-refractivity contribution in [2.45, 2.75) is 19.4 Å². The maximum atomic E-state index is 12.0. The molecule has 0 bridgehead atoms. The molecule has 0 unspecified atom stereocenters. The van der Waals surface area contributed by atoms with Crippen LogP contribution in [-0.2, 0) is 10.3 Å². The van der Waals surface area contributed by atoms with Crippen molar-refractivity contribution < 1.29 is 9.59 Å². The lowest BCUT2D eigenvalue weighted by Gasteiger charge is -2.27. The largest absolute Gasteiger partial charge is 0.325 e. The number of rotatable bonds is 5. The highest BCUT2D eigenvalue weighted by Gasteiger charge is 2.22. The maximum absolute atomic E-state index is 12.0. The molecule has 3 N–H and O–H groups in total. The molecule has 0 aromatic heterocycles. The average molecular weight is 380 g/mol. The summed E-state index contributed by atoms with van der Waals surface area (Å²) in [6.07, 6.45) is 0. The number of urea groups is 1. The van der Waals surface area contributed by atoms with Crippen LogP contribution in [0.2, 0.25) is 10.0 Å². The summed E-state index contributed by atoms with van der Waals surface area (Å²) in [5.74, 6) is -0.443. The van der Waals surface area contributed by atoms with E-state index in [2.05, 4.69) is 16.0 Å². The van der Waals surface area contributed by atoms with Gasteiger partial charge in [0.05, 0.1) is 16.6 Å². The number of carbonyl (C=O) groups excluding carboxylic acids is 2. The molecule has 7 heteroatoms. The molecule has 0 aliphatic carbocycles. The third kappa shape index (κ3) is 5.74. The first kappa shape index (κ1) is 19.2. The van der Waals surface area contributed by atoms with Gasteiger partial charge in [0.25, 0.3) is 0 Å². The van der Waals surface area contributed by atoms with E-state index >= 15 is 0 Å². The van der Waals surface area contributed by atoms with Crippen LogP contribution >= 0.6 is 23.2 Å². The normalized spacial score (nSPS) is 11.0. The van der Waals surface area contributed by atoms with Crippen molar-refractivity contribution in [3.8, 4) is 0 Å². The number of halogens is 2. The molecule has 2 rings (SSSR count). The van der Waals surface area contributed by atoms with Gasteiger partial charge < -0.3 is 5.32 Å². The van der Waals surface area contributed by atoms with E-state index in [0.717, 1.165) is 5.56 Å². The molecule has 0 aliphatic heterocycles. The Bertz CT molecular complexity index is 764. The number of amides is 3. The predicted molar refractivity (Wildman–Crippen MR) is 101 cm³/mol. The minimum atomic E-state index is -0.578. The fourth-order valence-corrected chi connectivity index (χ4v) is 2.44. The zero-order valence-electron chi connectivity index (χ0n) is 13.9. The smallest absolute Gasteiger partial charge is 0.308 e. The Hall–Kier alpha value is -2.08. The second-order valence-corrected chi connectivity index (χ2v) is 6.79. The molecule has 0 fully saturated rings. The number of nitrogens with one attached hydrogen (secondary N) is 3. The van der Waals surface area contributed by atoms with Crippen LogP contribution in [0.1, 0.15) is 19.4 Å². The number of hydrogen-bond acceptors (Lipinski definition) is 3. The quantitative estimate of drug-likeness (QED) is 0.729. The van der Waals surface area contributed by atoms with E-state index in [0.29, 0.717) is 15.7 Å². The van der Waals surface area contributed by atoms with Crippen LogP contribution in [0.4, 0.5) is 10.5 Å². The summed E-state index contributed by atoms with van der Waals surface area (Å²) in [6, 6.07) is 13.6. The lowest BCUT2D eigenvalue weighted by atomic mass is 9.94. The molecule has 25 heavy (non-hydrogen) atoms. The number of hydrogen-bond donors (Lipinski definition) is 3. The van der Waals surface area contributed by atoms with E-state index in [1.165, 1.54) is 0 Å². The third-order valence-corrected chi connectivity index (χ3v) is 4.36. The Morgan fingerprint density at radius 3 is 2.32 bits per heavy atom. The Labute approximate surface area is 156 Å². The van der Waals surface area contributed by atoms with E-state index in [-0.39, 0.29) is 6.54 Å². The molecular weight excluding hydrogens is 361 g/mol. The fraction of sp³-hybridized carbons (Fsp3) is 0.222. The van der Waals surface area contributed by atoms with Gasteiger partial charge in [-0.3, -0.25) is 15.4 Å². The van der Waals surface area contributed by atoms with Gasteiger partial charge in [-0.1, -0.05) is 47.5 Å². The highest BCUT2D eigenvalue weighted by molar-refractivity contribution is 6.42. The number of benzene rings is 2. The van der Waals surface area contributed by atoms with Crippen molar-refractivity contribution in [3.05, 3.63) is 64.1 Å². The summed E-state index contributed by atoms with van der Waals surface area (Å²) in [6.45, 7) is 3.78. The van der Waals surface area contributed by atoms with E-state index in [9.17, 15) is 9.59 Å². The van der Waals surface area contributed by atoms with Crippen molar-refractivity contribution in [2.24, 2.45) is 0 Å². The van der Waals surface area contributed by atoms with E-state index in [1.807, 2.05) is 26.0 Å². The molecule has 0 saturated heterocycles. The first-order valence-electron chi connectivity index (χ1n) is 7.64. The van der Waals surface area contributed by atoms with Crippen molar-refractivity contribution in [2.75, 3.05) is 11.9 Å². The number of para-hydroxylation sites is 1. The number of anilines is 1. The number of imide groups is 1. The molecule has 3 amide bonds. The molecular formula is C18H19Cl2N3O2. The van der Waals surface area contributed by atoms with Crippen LogP contribution in [-0.4, -0.2) is 18.5 Å². The first-order chi connectivity index (χ1) is 11.8. The Kier molecular flexibility index (Phi) is 6.42. The monoisotopic (exact) mass is 379 g/mol. The summed E-state index contributed by atoms with van der Waals surface area (Å²) in [4.78, 5) is 23.8. The van der Waals surface area contributed by atoms with E-state index < -0.39 is 17.5 Å². The topological polar surface area (TPSA) is 70.2 Å². The Balaban J connectivity index is 1.87. The van der Waals surface area contributed by atoms with Crippen LogP contribution in [0.15, 0.2) is 48.5 Å². The predicted octanol–water partition coefficient (Wildman–Crippen LogP) is 4.17. The molecule has 0 saturated carbocycles. The molecule has 0 atom stereocenters. The van der Waals surface area contributed by atoms with Gasteiger partial charge in [0.1, 0.15) is 0 Å². The SMILES string of the molecule is CC(C)(NCC(=O)NC(=O)Nc1ccccc1)c1ccc(Cl)c(Cl)c1. The standard InChI is InChI=1S/C18H19Cl2N3O2/c1-18(2,12-8-9-14(19)15(20)10-12)21-11-16(24)23-17(25)22-13-6-4-3-5-7-13/h3-10,21H,11H2,1-2H3,(H2,22,23,24,25). The average Bonchev–Trinajstić information content (AvgIpc) is 2.56. The second-order valence-electron chi connectivity index (χ2n) is 5.98. The number of carbonyl (C=O) groups is 2. The molecule has 0 heterocycles. The van der Waals surface area contributed by atoms with Crippen LogP contribution in [0.3, 0.4) is 0 Å². The van der Waals surface area contributed by atoms with E-state index in [1.54, 1.807) is 36.4 Å². The Morgan fingerprint density at radius 2 is 1.68 bits per heavy atom. The van der Waals surface area contributed by atoms with Gasteiger partial charge in [-0.25, -0.2) is 4.79 Å². The molecule has 0 radical (unpaired) electrons.